The highest BCUT2D eigenvalue weighted by Gasteiger charge is 2.56. The molecule has 0 unspecified atom stereocenters. The fourth-order valence-electron chi connectivity index (χ4n) is 3.87. The number of benzene rings is 1. The molecule has 1 aromatic carbocycles. The van der Waals surface area contributed by atoms with Crippen LogP contribution in [-0.2, 0) is 23.7 Å². The lowest BCUT2D eigenvalue weighted by Gasteiger charge is -2.25. The predicted molar refractivity (Wildman–Crippen MR) is 108 cm³/mol. The Balaban J connectivity index is 1.78. The fraction of sp³-hybridized carbons (Fsp3) is 0.474. The smallest absolute Gasteiger partial charge is 0.438 e. The van der Waals surface area contributed by atoms with Crippen LogP contribution in [0.25, 0.3) is 10.9 Å². The van der Waals surface area contributed by atoms with E-state index in [0.29, 0.717) is 22.2 Å². The molecule has 2 fully saturated rings. The Morgan fingerprint density at radius 3 is 2.53 bits per heavy atom. The van der Waals surface area contributed by atoms with E-state index in [1.165, 1.54) is 7.11 Å². The van der Waals surface area contributed by atoms with Crippen molar-refractivity contribution in [2.24, 2.45) is 0 Å². The largest absolute Gasteiger partial charge is 0.508 e. The van der Waals surface area contributed by atoms with E-state index in [9.17, 15) is 9.59 Å². The zero-order valence-corrected chi connectivity index (χ0v) is 18.5. The van der Waals surface area contributed by atoms with Gasteiger partial charge < -0.3 is 28.3 Å². The highest BCUT2D eigenvalue weighted by atomic mass is 35.5. The van der Waals surface area contributed by atoms with Gasteiger partial charge in [-0.3, -0.25) is 4.79 Å². The predicted octanol–water partition coefficient (Wildman–Crippen LogP) is 4.61. The number of nitrogens with zero attached hydrogens (tertiary/aromatic N) is 1. The quantitative estimate of drug-likeness (QED) is 0.468. The Kier molecular flexibility index (Phi) is 5.67. The van der Waals surface area contributed by atoms with Gasteiger partial charge in [0.15, 0.2) is 18.3 Å². The minimum Gasteiger partial charge on any atom is -0.438 e. The summed E-state index contributed by atoms with van der Waals surface area (Å²) in [6.45, 7) is 3.42. The van der Waals surface area contributed by atoms with E-state index in [4.69, 9.17) is 53.8 Å². The van der Waals surface area contributed by atoms with Gasteiger partial charge in [-0.05, 0) is 26.0 Å². The molecule has 3 heterocycles. The highest BCUT2D eigenvalue weighted by Crippen LogP contribution is 2.47. The molecule has 0 radical (unpaired) electrons. The number of ether oxygens (including phenoxy) is 5. The first kappa shape index (κ1) is 21.7. The van der Waals surface area contributed by atoms with E-state index < -0.39 is 36.5 Å². The second-order valence-electron chi connectivity index (χ2n) is 7.37. The van der Waals surface area contributed by atoms with Crippen LogP contribution in [0.1, 0.15) is 30.4 Å². The van der Waals surface area contributed by atoms with Crippen LogP contribution in [0.2, 0.25) is 15.2 Å². The van der Waals surface area contributed by atoms with Crippen molar-refractivity contribution < 1.29 is 33.3 Å². The van der Waals surface area contributed by atoms with E-state index in [1.54, 1.807) is 30.5 Å². The number of carbonyl (C=O) groups excluding carboxylic acids is 2. The number of hydrogen-bond acceptors (Lipinski definition) is 7. The Morgan fingerprint density at radius 2 is 1.87 bits per heavy atom. The van der Waals surface area contributed by atoms with Gasteiger partial charge in [0.25, 0.3) is 0 Å². The van der Waals surface area contributed by atoms with Gasteiger partial charge in [0, 0.05) is 5.39 Å². The van der Waals surface area contributed by atoms with Crippen molar-refractivity contribution in [3.63, 3.8) is 0 Å². The molecule has 0 bridgehead atoms. The topological polar surface area (TPSA) is 85.2 Å². The summed E-state index contributed by atoms with van der Waals surface area (Å²) >= 11 is 18.9. The number of hydrogen-bond donors (Lipinski definition) is 0. The summed E-state index contributed by atoms with van der Waals surface area (Å²) in [5, 5.41) is 1.25. The summed E-state index contributed by atoms with van der Waals surface area (Å²) in [4.78, 5) is 23.1. The Bertz CT molecular complexity index is 1020. The van der Waals surface area contributed by atoms with Crippen molar-refractivity contribution in [3.05, 3.63) is 32.9 Å². The van der Waals surface area contributed by atoms with Gasteiger partial charge in [0.1, 0.15) is 30.1 Å². The molecule has 0 saturated carbocycles. The van der Waals surface area contributed by atoms with E-state index in [0.717, 1.165) is 0 Å². The first-order valence-electron chi connectivity index (χ1n) is 9.02. The van der Waals surface area contributed by atoms with Crippen LogP contribution < -0.4 is 0 Å². The molecule has 4 atom stereocenters. The van der Waals surface area contributed by atoms with Crippen molar-refractivity contribution in [3.8, 4) is 0 Å². The third-order valence-corrected chi connectivity index (χ3v) is 6.16. The Labute approximate surface area is 186 Å². The van der Waals surface area contributed by atoms with E-state index in [2.05, 4.69) is 4.74 Å². The van der Waals surface area contributed by atoms with Crippen LogP contribution in [0.3, 0.4) is 0 Å². The van der Waals surface area contributed by atoms with Crippen molar-refractivity contribution >= 4 is 58.1 Å². The average Bonchev–Trinajstić information content (AvgIpc) is 3.26. The zero-order valence-electron chi connectivity index (χ0n) is 16.2. The standard InChI is InChI=1S/C19H18Cl3NO7/c1-19(2)29-14-13(7-27-18(25)26-3)28-17(15(14)30-19)23-12-5-11(21)10(20)4-8(12)9(6-24)16(23)22/h4-6,13-15,17H,7H2,1-3H3/t13-,14-,15-,17-/m1/s1. The molecule has 0 amide bonds. The van der Waals surface area contributed by atoms with Crippen molar-refractivity contribution in [2.75, 3.05) is 13.7 Å². The van der Waals surface area contributed by atoms with Gasteiger partial charge in [-0.1, -0.05) is 34.8 Å². The molecule has 2 saturated heterocycles. The summed E-state index contributed by atoms with van der Waals surface area (Å²) in [6.07, 6.45) is -2.77. The summed E-state index contributed by atoms with van der Waals surface area (Å²) in [7, 11) is 1.21. The lowest BCUT2D eigenvalue weighted by Crippen LogP contribution is -2.33. The molecule has 4 rings (SSSR count). The fourth-order valence-corrected chi connectivity index (χ4v) is 4.52. The zero-order chi connectivity index (χ0) is 21.8. The van der Waals surface area contributed by atoms with E-state index in [-0.39, 0.29) is 22.3 Å². The normalized spacial score (nSPS) is 27.3. The SMILES string of the molecule is COC(=O)OC[C@H]1O[C@@H](n2c(Cl)c(C=O)c3cc(Cl)c(Cl)cc32)[C@@H]2OC(C)(C)O[C@@H]21. The third kappa shape index (κ3) is 3.55. The number of halogens is 3. The van der Waals surface area contributed by atoms with Crippen molar-refractivity contribution in [2.45, 2.75) is 44.2 Å². The number of rotatable bonds is 4. The molecule has 162 valence electrons. The van der Waals surface area contributed by atoms with E-state index in [1.807, 2.05) is 0 Å². The molecule has 2 aliphatic rings. The maximum Gasteiger partial charge on any atom is 0.508 e. The van der Waals surface area contributed by atoms with Gasteiger partial charge in [-0.25, -0.2) is 4.79 Å². The Hall–Kier alpha value is -1.55. The maximum atomic E-state index is 11.7. The van der Waals surface area contributed by atoms with E-state index >= 15 is 0 Å². The molecule has 0 spiro atoms. The molecule has 8 nitrogen and oxygen atoms in total. The van der Waals surface area contributed by atoms with Gasteiger partial charge >= 0.3 is 6.16 Å². The second-order valence-corrected chi connectivity index (χ2v) is 8.54. The van der Waals surface area contributed by atoms with Gasteiger partial charge in [-0.2, -0.15) is 0 Å². The van der Waals surface area contributed by atoms with Crippen LogP contribution in [0.5, 0.6) is 0 Å². The second kappa shape index (κ2) is 7.85. The molecule has 2 aliphatic heterocycles. The summed E-state index contributed by atoms with van der Waals surface area (Å²) in [6, 6.07) is 3.18. The molecule has 0 aliphatic carbocycles. The molecule has 1 aromatic heterocycles. The molecule has 30 heavy (non-hydrogen) atoms. The Morgan fingerprint density at radius 1 is 1.20 bits per heavy atom. The van der Waals surface area contributed by atoms with Crippen molar-refractivity contribution in [1.29, 1.82) is 0 Å². The lowest BCUT2D eigenvalue weighted by molar-refractivity contribution is -0.200. The minimum absolute atomic E-state index is 0.117. The van der Waals surface area contributed by atoms with Crippen molar-refractivity contribution in [1.82, 2.24) is 4.57 Å². The van der Waals surface area contributed by atoms with Crippen LogP contribution in [-0.4, -0.2) is 54.8 Å². The maximum absolute atomic E-state index is 11.7. The lowest BCUT2D eigenvalue weighted by atomic mass is 10.1. The first-order valence-corrected chi connectivity index (χ1v) is 10.2. The number of aldehydes is 1. The van der Waals surface area contributed by atoms with Crippen LogP contribution >= 0.6 is 34.8 Å². The number of methoxy groups -OCH3 is 1. The number of aromatic nitrogens is 1. The van der Waals surface area contributed by atoms with Crippen LogP contribution in [0.15, 0.2) is 12.1 Å². The van der Waals surface area contributed by atoms with Crippen LogP contribution in [0, 0.1) is 0 Å². The molecule has 0 N–H and O–H groups in total. The summed E-state index contributed by atoms with van der Waals surface area (Å²) in [5.41, 5.74) is 0.793. The number of fused-ring (bicyclic) bond motifs is 2. The third-order valence-electron chi connectivity index (χ3n) is 5.05. The number of carbonyl (C=O) groups is 2. The van der Waals surface area contributed by atoms with Gasteiger partial charge in [0.05, 0.1) is 28.2 Å². The molecular weight excluding hydrogens is 461 g/mol. The average molecular weight is 479 g/mol. The minimum atomic E-state index is -0.898. The van der Waals surface area contributed by atoms with Gasteiger partial charge in [-0.15, -0.1) is 0 Å². The molecule has 2 aromatic rings. The molecule has 11 heteroatoms. The first-order chi connectivity index (χ1) is 14.2. The molecular formula is C19H18Cl3NO7. The van der Waals surface area contributed by atoms with Gasteiger partial charge in [0.2, 0.25) is 0 Å². The summed E-state index contributed by atoms with van der Waals surface area (Å²) < 4.78 is 29.3. The van der Waals surface area contributed by atoms with Crippen LogP contribution in [0.4, 0.5) is 4.79 Å². The highest BCUT2D eigenvalue weighted by molar-refractivity contribution is 6.43. The monoisotopic (exact) mass is 477 g/mol. The summed E-state index contributed by atoms with van der Waals surface area (Å²) in [5.74, 6) is -0.898.